The van der Waals surface area contributed by atoms with Crippen molar-refractivity contribution >= 4 is 39.9 Å². The molecule has 0 bridgehead atoms. The molecule has 4 aromatic rings. The number of pyridine rings is 2. The third-order valence-corrected chi connectivity index (χ3v) is 14.8. The Morgan fingerprint density at radius 2 is 1.75 bits per heavy atom. The Bertz CT molecular complexity index is 2440. The van der Waals surface area contributed by atoms with Crippen molar-refractivity contribution in [3.05, 3.63) is 125 Å². The van der Waals surface area contributed by atoms with E-state index in [0.717, 1.165) is 40.3 Å². The standard InChI is InChI=1S/C49H53FN4O7/c1-29-21-40-39-15-13-35-23-37(55)17-19-46(35,2)48(39,50)42(56)24-47(40,3)49(29,60)43(57)28-61-45(59)41-16-9-31(26-53-41)6-4-5-30-7-10-32(11-8-30)38(25-51)44(58)54-36-14-12-34-27-52-20-18-33(34)22-36/h7-12,14,16-20,22-23,26-27,29,38-40,42,56,60H,4-6,13,15,21,24-25,28,51H2,1-3H3,(H,54,58)/t29-,38-,39+,40+,42+,46+,47+,48+,49+/m1/s1. The summed E-state index contributed by atoms with van der Waals surface area (Å²) >= 11 is 0. The number of hydrogen-bond donors (Lipinski definition) is 4. The van der Waals surface area contributed by atoms with E-state index < -0.39 is 70.2 Å². The van der Waals surface area contributed by atoms with Crippen LogP contribution in [0.1, 0.15) is 86.0 Å². The number of aliphatic hydroxyl groups is 2. The molecule has 2 aromatic carbocycles. The number of benzene rings is 2. The highest BCUT2D eigenvalue weighted by Gasteiger charge is 2.75. The summed E-state index contributed by atoms with van der Waals surface area (Å²) in [5, 5.41) is 28.8. The smallest absolute Gasteiger partial charge is 0.357 e. The minimum atomic E-state index is -2.09. The van der Waals surface area contributed by atoms with Crippen LogP contribution in [0.3, 0.4) is 0 Å². The summed E-state index contributed by atoms with van der Waals surface area (Å²) in [6.45, 7) is 4.70. The molecule has 11 nitrogen and oxygen atoms in total. The first-order chi connectivity index (χ1) is 29.1. The summed E-state index contributed by atoms with van der Waals surface area (Å²) in [4.78, 5) is 60.8. The number of Topliss-reactive ketones (excluding diaryl/α,β-unsaturated/α-hetero) is 1. The van der Waals surface area contributed by atoms with Gasteiger partial charge in [0.25, 0.3) is 0 Å². The van der Waals surface area contributed by atoms with Crippen molar-refractivity contribution in [3.8, 4) is 0 Å². The Labute approximate surface area is 354 Å². The maximum Gasteiger partial charge on any atom is 0.357 e. The van der Waals surface area contributed by atoms with Gasteiger partial charge in [0.2, 0.25) is 11.7 Å². The number of halogens is 1. The number of esters is 1. The number of ether oxygens (including phenoxy) is 1. The van der Waals surface area contributed by atoms with Crippen molar-refractivity contribution in [3.63, 3.8) is 0 Å². The highest BCUT2D eigenvalue weighted by atomic mass is 19.1. The van der Waals surface area contributed by atoms with E-state index in [9.17, 15) is 29.4 Å². The predicted octanol–water partition coefficient (Wildman–Crippen LogP) is 6.56. The van der Waals surface area contributed by atoms with Crippen molar-refractivity contribution in [2.45, 2.75) is 89.0 Å². The number of rotatable bonds is 12. The van der Waals surface area contributed by atoms with Gasteiger partial charge in [-0.15, -0.1) is 0 Å². The van der Waals surface area contributed by atoms with Gasteiger partial charge in [-0.2, -0.15) is 0 Å². The van der Waals surface area contributed by atoms with Crippen LogP contribution in [0.25, 0.3) is 10.8 Å². The summed E-state index contributed by atoms with van der Waals surface area (Å²) in [5.41, 5.74) is 3.85. The average molecular weight is 829 g/mol. The molecule has 3 saturated carbocycles. The lowest BCUT2D eigenvalue weighted by Gasteiger charge is -2.62. The average Bonchev–Trinajstić information content (AvgIpc) is 3.45. The Morgan fingerprint density at radius 1 is 1.00 bits per heavy atom. The van der Waals surface area contributed by atoms with Gasteiger partial charge in [0.1, 0.15) is 11.3 Å². The van der Waals surface area contributed by atoms with Gasteiger partial charge in [-0.3, -0.25) is 19.4 Å². The number of carbonyl (C=O) groups is 4. The van der Waals surface area contributed by atoms with E-state index in [4.69, 9.17) is 10.5 Å². The molecule has 4 aliphatic carbocycles. The monoisotopic (exact) mass is 828 g/mol. The van der Waals surface area contributed by atoms with E-state index in [1.165, 1.54) is 12.2 Å². The zero-order valence-electron chi connectivity index (χ0n) is 34.8. The number of nitrogens with zero attached hydrogens (tertiary/aromatic N) is 2. The zero-order valence-corrected chi connectivity index (χ0v) is 34.8. The van der Waals surface area contributed by atoms with Crippen LogP contribution in [0.2, 0.25) is 0 Å². The highest BCUT2D eigenvalue weighted by molar-refractivity contribution is 6.01. The summed E-state index contributed by atoms with van der Waals surface area (Å²) in [6.07, 6.45) is 11.3. The summed E-state index contributed by atoms with van der Waals surface area (Å²) in [6, 6.07) is 18.8. The fourth-order valence-electron chi connectivity index (χ4n) is 11.3. The summed E-state index contributed by atoms with van der Waals surface area (Å²) in [5.74, 6) is -4.05. The Morgan fingerprint density at radius 3 is 2.49 bits per heavy atom. The highest BCUT2D eigenvalue weighted by Crippen LogP contribution is 2.70. The van der Waals surface area contributed by atoms with E-state index in [-0.39, 0.29) is 30.3 Å². The van der Waals surface area contributed by atoms with Crippen LogP contribution < -0.4 is 11.1 Å². The van der Waals surface area contributed by atoms with Crippen LogP contribution in [0.15, 0.2) is 103 Å². The largest absolute Gasteiger partial charge is 0.453 e. The maximum atomic E-state index is 17.5. The maximum absolute atomic E-state index is 17.5. The van der Waals surface area contributed by atoms with Crippen LogP contribution in [-0.4, -0.2) is 74.1 Å². The lowest BCUT2D eigenvalue weighted by Crippen LogP contribution is -2.69. The lowest BCUT2D eigenvalue weighted by atomic mass is 9.44. The van der Waals surface area contributed by atoms with Crippen molar-refractivity contribution in [2.75, 3.05) is 18.5 Å². The van der Waals surface area contributed by atoms with Gasteiger partial charge in [-0.05, 0) is 122 Å². The molecule has 0 radical (unpaired) electrons. The van der Waals surface area contributed by atoms with E-state index in [0.29, 0.717) is 36.9 Å². The quantitative estimate of drug-likeness (QED) is 0.114. The van der Waals surface area contributed by atoms with Gasteiger partial charge >= 0.3 is 5.97 Å². The molecule has 8 rings (SSSR count). The third kappa shape index (κ3) is 7.12. The number of anilines is 1. The number of carbonyl (C=O) groups excluding carboxylic acids is 4. The normalized spacial score (nSPS) is 30.7. The van der Waals surface area contributed by atoms with Gasteiger partial charge in [0.15, 0.2) is 18.1 Å². The van der Waals surface area contributed by atoms with Crippen molar-refractivity contribution in [2.24, 2.45) is 34.3 Å². The number of allylic oxidation sites excluding steroid dienone is 4. The van der Waals surface area contributed by atoms with Crippen molar-refractivity contribution in [1.82, 2.24) is 9.97 Å². The van der Waals surface area contributed by atoms with Crippen LogP contribution in [-0.2, 0) is 32.0 Å². The lowest BCUT2D eigenvalue weighted by molar-refractivity contribution is -0.219. The Balaban J connectivity index is 0.834. The second-order valence-electron chi connectivity index (χ2n) is 18.0. The van der Waals surface area contributed by atoms with E-state index in [2.05, 4.69) is 15.3 Å². The van der Waals surface area contributed by atoms with Gasteiger partial charge in [-0.1, -0.05) is 61.9 Å². The zero-order chi connectivity index (χ0) is 43.3. The molecule has 0 aliphatic heterocycles. The number of hydrogen-bond acceptors (Lipinski definition) is 10. The van der Waals surface area contributed by atoms with Crippen LogP contribution in [0.4, 0.5) is 10.1 Å². The Hall–Kier alpha value is -5.43. The first-order valence-electron chi connectivity index (χ1n) is 21.2. The van der Waals surface area contributed by atoms with E-state index in [1.807, 2.05) is 48.5 Å². The molecule has 61 heavy (non-hydrogen) atoms. The second kappa shape index (κ2) is 16.1. The second-order valence-corrected chi connectivity index (χ2v) is 18.0. The van der Waals surface area contributed by atoms with Gasteiger partial charge in [-0.25, -0.2) is 14.2 Å². The summed E-state index contributed by atoms with van der Waals surface area (Å²) in [7, 11) is 0. The molecule has 5 N–H and O–H groups in total. The van der Waals surface area contributed by atoms with E-state index >= 15 is 4.39 Å². The summed E-state index contributed by atoms with van der Waals surface area (Å²) < 4.78 is 22.9. The van der Waals surface area contributed by atoms with Crippen molar-refractivity contribution < 1.29 is 38.5 Å². The fourth-order valence-corrected chi connectivity index (χ4v) is 11.3. The molecule has 3 fully saturated rings. The molecular formula is C49H53FN4O7. The molecule has 0 unspecified atom stereocenters. The fraction of sp³-hybridized carbons (Fsp3) is 0.429. The Kier molecular flexibility index (Phi) is 11.2. The number of nitrogens with two attached hydrogens (primary N) is 1. The van der Waals surface area contributed by atoms with E-state index in [1.54, 1.807) is 57.6 Å². The molecule has 2 heterocycles. The number of nitrogens with one attached hydrogen (secondary N) is 1. The molecule has 318 valence electrons. The van der Waals surface area contributed by atoms with Gasteiger partial charge in [0, 0.05) is 53.0 Å². The number of aromatic nitrogens is 2. The number of ketones is 2. The number of alkyl halides is 1. The third-order valence-electron chi connectivity index (χ3n) is 14.8. The molecule has 4 aliphatic rings. The topological polar surface area (TPSA) is 182 Å². The first-order valence-corrected chi connectivity index (χ1v) is 21.2. The van der Waals surface area contributed by atoms with Crippen molar-refractivity contribution in [1.29, 1.82) is 0 Å². The van der Waals surface area contributed by atoms with Crippen LogP contribution >= 0.6 is 0 Å². The number of fused-ring (bicyclic) bond motifs is 6. The SMILES string of the molecule is C[C@@H]1C[C@H]2[C@@H]3CCC4=CC(=O)C=C[C@]4(C)[C@@]3(F)[C@@H](O)C[C@]2(C)[C@@]1(O)C(=O)COC(=O)c1ccc(CCCc2ccc([C@@H](CN)C(=O)Nc3ccc4cnccc4c3)cc2)cn1. The van der Waals surface area contributed by atoms with Crippen LogP contribution in [0.5, 0.6) is 0 Å². The minimum absolute atomic E-state index is 0.0210. The number of amides is 1. The molecule has 0 spiro atoms. The molecule has 12 heteroatoms. The molecule has 0 saturated heterocycles. The molecule has 1 amide bonds. The minimum Gasteiger partial charge on any atom is -0.453 e. The first kappa shape index (κ1) is 42.3. The molecule has 2 aromatic heterocycles. The van der Waals surface area contributed by atoms with Crippen LogP contribution in [0, 0.1) is 28.6 Å². The molecule has 9 atom stereocenters. The van der Waals surface area contributed by atoms with Gasteiger partial charge < -0.3 is 26.0 Å². The predicted molar refractivity (Wildman–Crippen MR) is 228 cm³/mol. The molecular weight excluding hydrogens is 776 g/mol. The number of aryl methyl sites for hydroxylation is 2. The number of aliphatic hydroxyl groups excluding tert-OH is 1. The van der Waals surface area contributed by atoms with Gasteiger partial charge in [0.05, 0.1) is 12.0 Å².